The summed E-state index contributed by atoms with van der Waals surface area (Å²) in [5.74, 6) is 3.26. The van der Waals surface area contributed by atoms with Gasteiger partial charge in [-0.15, -0.1) is 24.0 Å². The van der Waals surface area contributed by atoms with Gasteiger partial charge in [-0.25, -0.2) is 0 Å². The van der Waals surface area contributed by atoms with Crippen LogP contribution < -0.4 is 20.1 Å². The average Bonchev–Trinajstić information content (AvgIpc) is 3.10. The number of hydrogen-bond acceptors (Lipinski definition) is 4. The molecule has 0 aliphatic heterocycles. The van der Waals surface area contributed by atoms with Crippen LogP contribution in [0.15, 0.2) is 52.1 Å². The number of aliphatic imine (C=N–C) groups is 1. The van der Waals surface area contributed by atoms with E-state index in [1.807, 2.05) is 36.4 Å². The van der Waals surface area contributed by atoms with Crippen molar-refractivity contribution in [3.05, 3.63) is 48.4 Å². The summed E-state index contributed by atoms with van der Waals surface area (Å²) >= 11 is 0. The van der Waals surface area contributed by atoms with Crippen LogP contribution in [0.25, 0.3) is 0 Å². The molecule has 24 heavy (non-hydrogen) atoms. The van der Waals surface area contributed by atoms with Crippen LogP contribution in [0.4, 0.5) is 0 Å². The van der Waals surface area contributed by atoms with Gasteiger partial charge in [-0.1, -0.05) is 6.07 Å². The number of benzene rings is 1. The number of hydrogen-bond donors (Lipinski definition) is 2. The number of furan rings is 1. The average molecular weight is 445 g/mol. The summed E-state index contributed by atoms with van der Waals surface area (Å²) in [7, 11) is 3.38. The second kappa shape index (κ2) is 11.6. The van der Waals surface area contributed by atoms with Gasteiger partial charge in [0.2, 0.25) is 0 Å². The van der Waals surface area contributed by atoms with Crippen molar-refractivity contribution in [3.8, 4) is 11.5 Å². The molecule has 0 saturated carbocycles. The van der Waals surface area contributed by atoms with Crippen molar-refractivity contribution in [3.63, 3.8) is 0 Å². The molecule has 0 spiro atoms. The smallest absolute Gasteiger partial charge is 0.191 e. The van der Waals surface area contributed by atoms with Crippen LogP contribution in [0.2, 0.25) is 0 Å². The quantitative estimate of drug-likeness (QED) is 0.283. The second-order valence-corrected chi connectivity index (χ2v) is 4.78. The Labute approximate surface area is 159 Å². The van der Waals surface area contributed by atoms with Gasteiger partial charge in [0, 0.05) is 26.1 Å². The molecular formula is C17H24IN3O3. The van der Waals surface area contributed by atoms with E-state index in [1.54, 1.807) is 20.4 Å². The topological polar surface area (TPSA) is 68.0 Å². The molecule has 2 N–H and O–H groups in total. The third kappa shape index (κ3) is 7.12. The summed E-state index contributed by atoms with van der Waals surface area (Å²) in [6, 6.07) is 11.4. The lowest BCUT2D eigenvalue weighted by molar-refractivity contribution is 0.319. The SMILES string of the molecule is CN=C(NCCOc1cccc(OC)c1)NCCc1ccco1.I. The number of methoxy groups -OCH3 is 1. The maximum atomic E-state index is 5.67. The first kappa shape index (κ1) is 20.1. The van der Waals surface area contributed by atoms with E-state index in [0.29, 0.717) is 13.2 Å². The van der Waals surface area contributed by atoms with E-state index in [1.165, 1.54) is 0 Å². The monoisotopic (exact) mass is 445 g/mol. The Morgan fingerprint density at radius 3 is 2.62 bits per heavy atom. The fourth-order valence-corrected chi connectivity index (χ4v) is 2.01. The molecular weight excluding hydrogens is 421 g/mol. The molecule has 2 aromatic rings. The molecule has 2 rings (SSSR count). The van der Waals surface area contributed by atoms with Crippen molar-refractivity contribution in [1.29, 1.82) is 0 Å². The maximum Gasteiger partial charge on any atom is 0.191 e. The highest BCUT2D eigenvalue weighted by molar-refractivity contribution is 14.0. The van der Waals surface area contributed by atoms with Gasteiger partial charge < -0.3 is 24.5 Å². The molecule has 0 saturated heterocycles. The van der Waals surface area contributed by atoms with Crippen molar-refractivity contribution in [1.82, 2.24) is 10.6 Å². The lowest BCUT2D eigenvalue weighted by Gasteiger charge is -2.12. The van der Waals surface area contributed by atoms with E-state index in [9.17, 15) is 0 Å². The predicted octanol–water partition coefficient (Wildman–Crippen LogP) is 2.69. The molecule has 0 atom stereocenters. The fraction of sp³-hybridized carbons (Fsp3) is 0.353. The predicted molar refractivity (Wildman–Crippen MR) is 106 cm³/mol. The molecule has 0 aliphatic carbocycles. The molecule has 0 aliphatic rings. The Morgan fingerprint density at radius 1 is 1.12 bits per heavy atom. The van der Waals surface area contributed by atoms with E-state index in [4.69, 9.17) is 13.9 Å². The van der Waals surface area contributed by atoms with E-state index in [2.05, 4.69) is 15.6 Å². The zero-order chi connectivity index (χ0) is 16.3. The largest absolute Gasteiger partial charge is 0.497 e. The first-order chi connectivity index (χ1) is 11.3. The highest BCUT2D eigenvalue weighted by atomic mass is 127. The van der Waals surface area contributed by atoms with Crippen molar-refractivity contribution in [2.45, 2.75) is 6.42 Å². The van der Waals surface area contributed by atoms with Gasteiger partial charge in [-0.05, 0) is 24.3 Å². The zero-order valence-corrected chi connectivity index (χ0v) is 16.3. The Hall–Kier alpha value is -1.90. The molecule has 0 unspecified atom stereocenters. The molecule has 7 heteroatoms. The number of nitrogens with one attached hydrogen (secondary N) is 2. The third-order valence-electron chi connectivity index (χ3n) is 3.17. The van der Waals surface area contributed by atoms with Crippen molar-refractivity contribution >= 4 is 29.9 Å². The lowest BCUT2D eigenvalue weighted by Crippen LogP contribution is -2.40. The van der Waals surface area contributed by atoms with Crippen LogP contribution in [-0.2, 0) is 6.42 Å². The Bertz CT molecular complexity index is 603. The highest BCUT2D eigenvalue weighted by Gasteiger charge is 2.00. The number of rotatable bonds is 8. The molecule has 0 bridgehead atoms. The minimum Gasteiger partial charge on any atom is -0.497 e. The number of nitrogens with zero attached hydrogens (tertiary/aromatic N) is 1. The Balaban J connectivity index is 0.00000288. The summed E-state index contributed by atoms with van der Waals surface area (Å²) in [5.41, 5.74) is 0. The van der Waals surface area contributed by atoms with Crippen LogP contribution in [0.3, 0.4) is 0 Å². The maximum absolute atomic E-state index is 5.67. The van der Waals surface area contributed by atoms with E-state index >= 15 is 0 Å². The summed E-state index contributed by atoms with van der Waals surface area (Å²) in [4.78, 5) is 4.17. The minimum absolute atomic E-state index is 0. The van der Waals surface area contributed by atoms with E-state index in [-0.39, 0.29) is 24.0 Å². The van der Waals surface area contributed by atoms with Crippen LogP contribution in [0, 0.1) is 0 Å². The highest BCUT2D eigenvalue weighted by Crippen LogP contribution is 2.18. The molecule has 0 fully saturated rings. The Kier molecular flexibility index (Phi) is 9.74. The van der Waals surface area contributed by atoms with Crippen molar-refractivity contribution < 1.29 is 13.9 Å². The standard InChI is InChI=1S/C17H23N3O3.HI/c1-18-17(19-9-8-14-7-4-11-22-14)20-10-12-23-16-6-3-5-15(13-16)21-2;/h3-7,11,13H,8-10,12H2,1-2H3,(H2,18,19,20);1H. The van der Waals surface area contributed by atoms with Crippen molar-refractivity contribution in [2.75, 3.05) is 33.9 Å². The van der Waals surface area contributed by atoms with Gasteiger partial charge in [-0.3, -0.25) is 4.99 Å². The van der Waals surface area contributed by atoms with Gasteiger partial charge in [0.15, 0.2) is 5.96 Å². The molecule has 132 valence electrons. The number of ether oxygens (including phenoxy) is 2. The molecule has 1 aromatic carbocycles. The molecule has 1 heterocycles. The molecule has 6 nitrogen and oxygen atoms in total. The van der Waals surface area contributed by atoms with Crippen LogP contribution in [-0.4, -0.2) is 39.8 Å². The van der Waals surface area contributed by atoms with Gasteiger partial charge in [0.25, 0.3) is 0 Å². The van der Waals surface area contributed by atoms with E-state index < -0.39 is 0 Å². The lowest BCUT2D eigenvalue weighted by atomic mass is 10.3. The van der Waals surface area contributed by atoms with Crippen LogP contribution in [0.1, 0.15) is 5.76 Å². The third-order valence-corrected chi connectivity index (χ3v) is 3.17. The normalized spacial score (nSPS) is 10.7. The first-order valence-electron chi connectivity index (χ1n) is 7.55. The Morgan fingerprint density at radius 2 is 1.92 bits per heavy atom. The summed E-state index contributed by atoms with van der Waals surface area (Å²) < 4.78 is 16.1. The molecule has 1 aromatic heterocycles. The van der Waals surface area contributed by atoms with Crippen molar-refractivity contribution in [2.24, 2.45) is 4.99 Å². The fourth-order valence-electron chi connectivity index (χ4n) is 2.01. The second-order valence-electron chi connectivity index (χ2n) is 4.78. The molecule has 0 amide bonds. The van der Waals surface area contributed by atoms with Gasteiger partial charge in [0.1, 0.15) is 23.9 Å². The van der Waals surface area contributed by atoms with Gasteiger partial charge in [0.05, 0.1) is 19.9 Å². The zero-order valence-electron chi connectivity index (χ0n) is 14.0. The molecule has 0 radical (unpaired) electrons. The van der Waals surface area contributed by atoms with Gasteiger partial charge >= 0.3 is 0 Å². The van der Waals surface area contributed by atoms with Crippen LogP contribution >= 0.6 is 24.0 Å². The number of halogens is 1. The van der Waals surface area contributed by atoms with Crippen LogP contribution in [0.5, 0.6) is 11.5 Å². The summed E-state index contributed by atoms with van der Waals surface area (Å²) in [6.45, 7) is 1.94. The summed E-state index contributed by atoms with van der Waals surface area (Å²) in [6.07, 6.45) is 2.49. The number of guanidine groups is 1. The van der Waals surface area contributed by atoms with Gasteiger partial charge in [-0.2, -0.15) is 0 Å². The summed E-state index contributed by atoms with van der Waals surface area (Å²) in [5, 5.41) is 6.43. The first-order valence-corrected chi connectivity index (χ1v) is 7.55. The minimum atomic E-state index is 0. The van der Waals surface area contributed by atoms with E-state index in [0.717, 1.165) is 36.2 Å².